The Hall–Kier alpha value is -2.13. The van der Waals surface area contributed by atoms with Gasteiger partial charge in [-0.05, 0) is 25.1 Å². The zero-order valence-corrected chi connectivity index (χ0v) is 12.6. The first kappa shape index (κ1) is 13.8. The van der Waals surface area contributed by atoms with E-state index in [1.54, 1.807) is 0 Å². The summed E-state index contributed by atoms with van der Waals surface area (Å²) in [5.41, 5.74) is 10.9. The fourth-order valence-electron chi connectivity index (χ4n) is 2.85. The molecule has 0 fully saturated rings. The topological polar surface area (TPSA) is 43.8 Å². The fraction of sp³-hybridized carbons (Fsp3) is 0.278. The smallest absolute Gasteiger partial charge is 0.0709 e. The van der Waals surface area contributed by atoms with Gasteiger partial charge < -0.3 is 5.73 Å². The summed E-state index contributed by atoms with van der Waals surface area (Å²) in [6.45, 7) is 2.74. The lowest BCUT2D eigenvalue weighted by atomic mass is 9.93. The van der Waals surface area contributed by atoms with E-state index in [0.29, 0.717) is 12.5 Å². The molecule has 0 spiro atoms. The third kappa shape index (κ3) is 2.69. The molecule has 2 aromatic carbocycles. The van der Waals surface area contributed by atoms with E-state index in [0.717, 1.165) is 12.1 Å². The number of para-hydroxylation sites is 1. The molecule has 1 heterocycles. The lowest BCUT2D eigenvalue weighted by Gasteiger charge is -2.14. The highest BCUT2D eigenvalue weighted by atomic mass is 15.3. The van der Waals surface area contributed by atoms with Gasteiger partial charge in [-0.2, -0.15) is 5.10 Å². The first-order chi connectivity index (χ1) is 10.2. The molecule has 0 radical (unpaired) electrons. The highest BCUT2D eigenvalue weighted by Gasteiger charge is 2.15. The largest absolute Gasteiger partial charge is 0.330 e. The van der Waals surface area contributed by atoms with Crippen LogP contribution in [-0.4, -0.2) is 16.3 Å². The van der Waals surface area contributed by atoms with Crippen LogP contribution in [0.5, 0.6) is 0 Å². The lowest BCUT2D eigenvalue weighted by molar-refractivity contribution is 0.665. The zero-order chi connectivity index (χ0) is 14.8. The molecule has 0 saturated carbocycles. The van der Waals surface area contributed by atoms with Gasteiger partial charge in [0.25, 0.3) is 0 Å². The first-order valence-electron chi connectivity index (χ1n) is 7.36. The minimum Gasteiger partial charge on any atom is -0.330 e. The molecule has 0 aliphatic heterocycles. The number of aryl methyl sites for hydroxylation is 2. The van der Waals surface area contributed by atoms with Gasteiger partial charge in [0.05, 0.1) is 11.2 Å². The highest BCUT2D eigenvalue weighted by Crippen LogP contribution is 2.25. The highest BCUT2D eigenvalue weighted by molar-refractivity contribution is 5.81. The number of nitrogens with zero attached hydrogens (tertiary/aromatic N) is 2. The third-order valence-corrected chi connectivity index (χ3v) is 4.11. The van der Waals surface area contributed by atoms with Crippen molar-refractivity contribution < 1.29 is 0 Å². The molecule has 3 aromatic rings. The molecule has 3 nitrogen and oxygen atoms in total. The van der Waals surface area contributed by atoms with Crippen LogP contribution in [0.15, 0.2) is 48.5 Å². The molecule has 21 heavy (non-hydrogen) atoms. The van der Waals surface area contributed by atoms with Crippen molar-refractivity contribution in [1.82, 2.24) is 9.78 Å². The Labute approximate surface area is 125 Å². The maximum Gasteiger partial charge on any atom is 0.0709 e. The molecule has 0 aliphatic carbocycles. The van der Waals surface area contributed by atoms with Crippen LogP contribution in [0.4, 0.5) is 0 Å². The predicted molar refractivity (Wildman–Crippen MR) is 87.4 cm³/mol. The Kier molecular flexibility index (Phi) is 3.76. The summed E-state index contributed by atoms with van der Waals surface area (Å²) in [5, 5.41) is 5.91. The van der Waals surface area contributed by atoms with Crippen molar-refractivity contribution in [2.75, 3.05) is 6.54 Å². The molecule has 1 atom stereocenters. The van der Waals surface area contributed by atoms with E-state index in [-0.39, 0.29) is 0 Å². The van der Waals surface area contributed by atoms with Gasteiger partial charge >= 0.3 is 0 Å². The van der Waals surface area contributed by atoms with Crippen molar-refractivity contribution in [3.8, 4) is 0 Å². The summed E-state index contributed by atoms with van der Waals surface area (Å²) in [6, 6.07) is 17.0. The van der Waals surface area contributed by atoms with Gasteiger partial charge in [-0.15, -0.1) is 0 Å². The molecule has 0 aliphatic rings. The molecule has 0 saturated heterocycles. The summed E-state index contributed by atoms with van der Waals surface area (Å²) < 4.78 is 1.95. The molecule has 0 amide bonds. The van der Waals surface area contributed by atoms with Crippen molar-refractivity contribution in [3.63, 3.8) is 0 Å². The molecule has 2 N–H and O–H groups in total. The Morgan fingerprint density at radius 1 is 1.10 bits per heavy atom. The normalized spacial score (nSPS) is 12.7. The monoisotopic (exact) mass is 279 g/mol. The van der Waals surface area contributed by atoms with Gasteiger partial charge in [-0.3, -0.25) is 4.68 Å². The number of hydrogen-bond donors (Lipinski definition) is 1. The molecule has 1 unspecified atom stereocenters. The molecule has 0 bridgehead atoms. The number of nitrogens with two attached hydrogens (primary N) is 1. The molecule has 108 valence electrons. The Morgan fingerprint density at radius 2 is 1.81 bits per heavy atom. The molecular weight excluding hydrogens is 258 g/mol. The average Bonchev–Trinajstić information content (AvgIpc) is 2.83. The SMILES string of the molecule is Cc1ccc(C(CN)Cc2nn(C)c3ccccc23)cc1. The van der Waals surface area contributed by atoms with Crippen LogP contribution >= 0.6 is 0 Å². The van der Waals surface area contributed by atoms with E-state index in [4.69, 9.17) is 5.73 Å². The standard InChI is InChI=1S/C18H21N3/c1-13-7-9-14(10-8-13)15(12-19)11-17-16-5-3-4-6-18(16)21(2)20-17/h3-10,15H,11-12,19H2,1-2H3. The van der Waals surface area contributed by atoms with Crippen molar-refractivity contribution in [2.24, 2.45) is 12.8 Å². The number of aromatic nitrogens is 2. The second-order valence-electron chi connectivity index (χ2n) is 5.63. The average molecular weight is 279 g/mol. The van der Waals surface area contributed by atoms with Crippen LogP contribution in [0, 0.1) is 6.92 Å². The van der Waals surface area contributed by atoms with Crippen molar-refractivity contribution >= 4 is 10.9 Å². The number of rotatable bonds is 4. The summed E-state index contributed by atoms with van der Waals surface area (Å²) in [4.78, 5) is 0. The molecule has 3 heteroatoms. The third-order valence-electron chi connectivity index (χ3n) is 4.11. The van der Waals surface area contributed by atoms with E-state index in [1.165, 1.54) is 22.0 Å². The Bertz CT molecular complexity index is 741. The van der Waals surface area contributed by atoms with E-state index >= 15 is 0 Å². The second kappa shape index (κ2) is 5.70. The van der Waals surface area contributed by atoms with Gasteiger partial charge in [-0.1, -0.05) is 48.0 Å². The van der Waals surface area contributed by atoms with E-state index in [2.05, 4.69) is 54.5 Å². The molecule has 1 aromatic heterocycles. The fourth-order valence-corrected chi connectivity index (χ4v) is 2.85. The predicted octanol–water partition coefficient (Wildman–Crippen LogP) is 3.17. The Balaban J connectivity index is 1.94. The molecule has 3 rings (SSSR count). The lowest BCUT2D eigenvalue weighted by Crippen LogP contribution is -2.15. The maximum atomic E-state index is 6.01. The van der Waals surface area contributed by atoms with Crippen molar-refractivity contribution in [1.29, 1.82) is 0 Å². The summed E-state index contributed by atoms with van der Waals surface area (Å²) in [7, 11) is 2.00. The van der Waals surface area contributed by atoms with Crippen LogP contribution in [0.3, 0.4) is 0 Å². The van der Waals surface area contributed by atoms with E-state index < -0.39 is 0 Å². The number of benzene rings is 2. The van der Waals surface area contributed by atoms with Crippen molar-refractivity contribution in [2.45, 2.75) is 19.3 Å². The Morgan fingerprint density at radius 3 is 2.52 bits per heavy atom. The van der Waals surface area contributed by atoms with Gasteiger partial charge in [0.1, 0.15) is 0 Å². The van der Waals surface area contributed by atoms with Crippen LogP contribution in [-0.2, 0) is 13.5 Å². The van der Waals surface area contributed by atoms with E-state index in [9.17, 15) is 0 Å². The number of fused-ring (bicyclic) bond motifs is 1. The van der Waals surface area contributed by atoms with Gasteiger partial charge in [0.15, 0.2) is 0 Å². The second-order valence-corrected chi connectivity index (χ2v) is 5.63. The van der Waals surface area contributed by atoms with Crippen LogP contribution in [0.25, 0.3) is 10.9 Å². The van der Waals surface area contributed by atoms with Crippen LogP contribution in [0.2, 0.25) is 0 Å². The quantitative estimate of drug-likeness (QED) is 0.797. The van der Waals surface area contributed by atoms with Crippen LogP contribution < -0.4 is 5.73 Å². The minimum atomic E-state index is 0.309. The summed E-state index contributed by atoms with van der Waals surface area (Å²) >= 11 is 0. The maximum absolute atomic E-state index is 6.01. The summed E-state index contributed by atoms with van der Waals surface area (Å²) in [5.74, 6) is 0.309. The minimum absolute atomic E-state index is 0.309. The van der Waals surface area contributed by atoms with Crippen LogP contribution in [0.1, 0.15) is 22.7 Å². The van der Waals surface area contributed by atoms with Crippen molar-refractivity contribution in [3.05, 3.63) is 65.4 Å². The zero-order valence-electron chi connectivity index (χ0n) is 12.6. The first-order valence-corrected chi connectivity index (χ1v) is 7.36. The van der Waals surface area contributed by atoms with Gasteiger partial charge in [0.2, 0.25) is 0 Å². The molecular formula is C18H21N3. The van der Waals surface area contributed by atoms with Gasteiger partial charge in [0, 0.05) is 24.8 Å². The number of hydrogen-bond acceptors (Lipinski definition) is 2. The summed E-state index contributed by atoms with van der Waals surface area (Å²) in [6.07, 6.45) is 0.876. The van der Waals surface area contributed by atoms with E-state index in [1.807, 2.05) is 17.8 Å². The van der Waals surface area contributed by atoms with Gasteiger partial charge in [-0.25, -0.2) is 0 Å².